The largest absolute Gasteiger partial charge is 0.340 e. The van der Waals surface area contributed by atoms with Gasteiger partial charge in [0.05, 0.1) is 14.9 Å². The maximum atomic E-state index is 12.3. The van der Waals surface area contributed by atoms with Crippen molar-refractivity contribution >= 4 is 56.4 Å². The van der Waals surface area contributed by atoms with E-state index in [1.54, 1.807) is 0 Å². The Hall–Kier alpha value is -2.63. The second-order valence-corrected chi connectivity index (χ2v) is 7.99. The monoisotopic (exact) mass is 395 g/mol. The standard InChI is InChI=1S/C21H18ClN3OS/c1-14(19-10-11-20(22)27-19)23-24-21(26)12-13-25-17-8-4-2-6-15(17)16-7-3-5-9-18(16)25/h2-11H,12-13H2,1H3,(H,24,26)/b23-14-. The topological polar surface area (TPSA) is 46.4 Å². The number of fused-ring (bicyclic) bond motifs is 3. The summed E-state index contributed by atoms with van der Waals surface area (Å²) in [5.41, 5.74) is 5.67. The minimum absolute atomic E-state index is 0.112. The van der Waals surface area contributed by atoms with Gasteiger partial charge in [0.1, 0.15) is 0 Å². The predicted octanol–water partition coefficient (Wildman–Crippen LogP) is 5.44. The summed E-state index contributed by atoms with van der Waals surface area (Å²) in [7, 11) is 0. The molecule has 1 N–H and O–H groups in total. The zero-order valence-electron chi connectivity index (χ0n) is 14.8. The Bertz CT molecular complexity index is 1110. The number of halogens is 1. The molecule has 0 unspecified atom stereocenters. The van der Waals surface area contributed by atoms with Crippen molar-refractivity contribution in [3.63, 3.8) is 0 Å². The molecule has 1 amide bonds. The van der Waals surface area contributed by atoms with Crippen LogP contribution in [0.3, 0.4) is 0 Å². The van der Waals surface area contributed by atoms with Crippen molar-refractivity contribution in [3.05, 3.63) is 69.9 Å². The summed E-state index contributed by atoms with van der Waals surface area (Å²) in [6.45, 7) is 2.45. The van der Waals surface area contributed by atoms with Crippen LogP contribution < -0.4 is 5.43 Å². The van der Waals surface area contributed by atoms with E-state index in [0.29, 0.717) is 17.3 Å². The van der Waals surface area contributed by atoms with Gasteiger partial charge in [0.25, 0.3) is 0 Å². The fourth-order valence-corrected chi connectivity index (χ4v) is 4.21. The molecule has 0 atom stereocenters. The van der Waals surface area contributed by atoms with Crippen LogP contribution in [-0.4, -0.2) is 16.2 Å². The number of carbonyl (C=O) groups is 1. The third-order valence-electron chi connectivity index (χ3n) is 4.52. The van der Waals surface area contributed by atoms with Crippen LogP contribution >= 0.6 is 22.9 Å². The normalized spacial score (nSPS) is 12.0. The molecular formula is C21H18ClN3OS. The van der Waals surface area contributed by atoms with Crippen molar-refractivity contribution in [2.24, 2.45) is 5.10 Å². The third kappa shape index (κ3) is 3.61. The van der Waals surface area contributed by atoms with Crippen molar-refractivity contribution in [3.8, 4) is 0 Å². The first-order valence-electron chi connectivity index (χ1n) is 8.68. The summed E-state index contributed by atoms with van der Waals surface area (Å²) in [5, 5.41) is 6.60. The number of rotatable bonds is 5. The molecule has 0 bridgehead atoms. The molecule has 2 heterocycles. The van der Waals surface area contributed by atoms with Gasteiger partial charge < -0.3 is 4.57 Å². The van der Waals surface area contributed by atoms with Crippen LogP contribution in [0.1, 0.15) is 18.2 Å². The first-order valence-corrected chi connectivity index (χ1v) is 9.88. The Morgan fingerprint density at radius 1 is 1.04 bits per heavy atom. The van der Waals surface area contributed by atoms with Crippen molar-refractivity contribution in [2.45, 2.75) is 19.9 Å². The summed E-state index contributed by atoms with van der Waals surface area (Å²) >= 11 is 7.38. The smallest absolute Gasteiger partial charge is 0.241 e. The van der Waals surface area contributed by atoms with Gasteiger partial charge in [-0.05, 0) is 31.2 Å². The van der Waals surface area contributed by atoms with E-state index in [0.717, 1.165) is 21.6 Å². The lowest BCUT2D eigenvalue weighted by Crippen LogP contribution is -2.20. The van der Waals surface area contributed by atoms with Crippen LogP contribution in [0.5, 0.6) is 0 Å². The van der Waals surface area contributed by atoms with Crippen molar-refractivity contribution in [1.29, 1.82) is 0 Å². The van der Waals surface area contributed by atoms with Crippen LogP contribution in [0.25, 0.3) is 21.8 Å². The molecule has 0 spiro atoms. The van der Waals surface area contributed by atoms with Gasteiger partial charge in [-0.15, -0.1) is 11.3 Å². The molecule has 0 saturated heterocycles. The average Bonchev–Trinajstić information content (AvgIpc) is 3.26. The summed E-state index contributed by atoms with van der Waals surface area (Å²) in [6.07, 6.45) is 0.352. The van der Waals surface area contributed by atoms with Crippen molar-refractivity contribution in [2.75, 3.05) is 0 Å². The van der Waals surface area contributed by atoms with Crippen LogP contribution in [0.15, 0.2) is 65.8 Å². The number of benzene rings is 2. The maximum absolute atomic E-state index is 12.3. The lowest BCUT2D eigenvalue weighted by Gasteiger charge is -2.07. The Labute approximate surface area is 166 Å². The minimum atomic E-state index is -0.112. The molecule has 136 valence electrons. The lowest BCUT2D eigenvalue weighted by atomic mass is 10.2. The minimum Gasteiger partial charge on any atom is -0.340 e. The highest BCUT2D eigenvalue weighted by Gasteiger charge is 2.11. The van der Waals surface area contributed by atoms with Crippen LogP contribution in [0.4, 0.5) is 0 Å². The van der Waals surface area contributed by atoms with Gasteiger partial charge in [-0.25, -0.2) is 5.43 Å². The second-order valence-electron chi connectivity index (χ2n) is 6.27. The quantitative estimate of drug-likeness (QED) is 0.355. The maximum Gasteiger partial charge on any atom is 0.241 e. The average molecular weight is 396 g/mol. The van der Waals surface area contributed by atoms with Crippen LogP contribution in [0.2, 0.25) is 4.34 Å². The summed E-state index contributed by atoms with van der Waals surface area (Å²) in [5.74, 6) is -0.112. The summed E-state index contributed by atoms with van der Waals surface area (Å²) in [4.78, 5) is 13.2. The molecule has 27 heavy (non-hydrogen) atoms. The van der Waals surface area contributed by atoms with E-state index in [1.165, 1.54) is 22.1 Å². The molecule has 0 radical (unpaired) electrons. The molecule has 2 aromatic heterocycles. The van der Waals surface area contributed by atoms with E-state index in [9.17, 15) is 4.79 Å². The second kappa shape index (κ2) is 7.55. The van der Waals surface area contributed by atoms with Gasteiger partial charge >= 0.3 is 0 Å². The number of hydrogen-bond acceptors (Lipinski definition) is 3. The lowest BCUT2D eigenvalue weighted by molar-refractivity contribution is -0.121. The fourth-order valence-electron chi connectivity index (χ4n) is 3.22. The van der Waals surface area contributed by atoms with E-state index < -0.39 is 0 Å². The van der Waals surface area contributed by atoms with Gasteiger partial charge in [-0.1, -0.05) is 48.0 Å². The van der Waals surface area contributed by atoms with E-state index in [-0.39, 0.29) is 5.91 Å². The number of aromatic nitrogens is 1. The van der Waals surface area contributed by atoms with Gasteiger partial charge in [-0.2, -0.15) is 5.10 Å². The molecule has 6 heteroatoms. The summed E-state index contributed by atoms with van der Waals surface area (Å²) in [6, 6.07) is 20.3. The zero-order valence-corrected chi connectivity index (χ0v) is 16.3. The molecule has 4 aromatic rings. The highest BCUT2D eigenvalue weighted by molar-refractivity contribution is 7.18. The Kier molecular flexibility index (Phi) is 4.97. The number of nitrogens with one attached hydrogen (secondary N) is 1. The highest BCUT2D eigenvalue weighted by Crippen LogP contribution is 2.28. The molecule has 0 aliphatic heterocycles. The van der Waals surface area contributed by atoms with Gasteiger partial charge in [0, 0.05) is 34.8 Å². The number of aryl methyl sites for hydroxylation is 1. The van der Waals surface area contributed by atoms with Crippen LogP contribution in [-0.2, 0) is 11.3 Å². The highest BCUT2D eigenvalue weighted by atomic mass is 35.5. The number of hydrogen-bond donors (Lipinski definition) is 1. The summed E-state index contributed by atoms with van der Waals surface area (Å²) < 4.78 is 2.90. The molecule has 0 saturated carbocycles. The predicted molar refractivity (Wildman–Crippen MR) is 114 cm³/mol. The number of amides is 1. The molecule has 4 nitrogen and oxygen atoms in total. The van der Waals surface area contributed by atoms with Crippen molar-refractivity contribution in [1.82, 2.24) is 9.99 Å². The molecule has 0 aliphatic rings. The molecular weight excluding hydrogens is 378 g/mol. The number of para-hydroxylation sites is 2. The van der Waals surface area contributed by atoms with Gasteiger partial charge in [0.2, 0.25) is 5.91 Å². The molecule has 0 aliphatic carbocycles. The van der Waals surface area contributed by atoms with Gasteiger partial charge in [0.15, 0.2) is 0 Å². The number of thiophene rings is 1. The first-order chi connectivity index (χ1) is 13.1. The number of hydrazone groups is 1. The molecule has 4 rings (SSSR count). The Morgan fingerprint density at radius 3 is 2.26 bits per heavy atom. The Morgan fingerprint density at radius 2 is 1.67 bits per heavy atom. The SMILES string of the molecule is C/C(=N/NC(=O)CCn1c2ccccc2c2ccccc21)c1ccc(Cl)s1. The number of nitrogens with zero attached hydrogens (tertiary/aromatic N) is 2. The van der Waals surface area contributed by atoms with Gasteiger partial charge in [-0.3, -0.25) is 4.79 Å². The van der Waals surface area contributed by atoms with E-state index in [4.69, 9.17) is 11.6 Å². The number of carbonyl (C=O) groups excluding carboxylic acids is 1. The zero-order chi connectivity index (χ0) is 18.8. The van der Waals surface area contributed by atoms with Crippen molar-refractivity contribution < 1.29 is 4.79 Å². The molecule has 0 fully saturated rings. The van der Waals surface area contributed by atoms with E-state index in [1.807, 2.05) is 43.3 Å². The van der Waals surface area contributed by atoms with E-state index in [2.05, 4.69) is 39.4 Å². The van der Waals surface area contributed by atoms with E-state index >= 15 is 0 Å². The molecule has 2 aromatic carbocycles. The van der Waals surface area contributed by atoms with Crippen LogP contribution in [0, 0.1) is 0 Å². The Balaban J connectivity index is 1.50. The fraction of sp³-hybridized carbons (Fsp3) is 0.143. The first kappa shape index (κ1) is 17.8. The third-order valence-corrected chi connectivity index (χ3v) is 5.86.